The molecule has 1 heterocycles. The lowest BCUT2D eigenvalue weighted by atomic mass is 10.0. The third kappa shape index (κ3) is 3.05. The van der Waals surface area contributed by atoms with Gasteiger partial charge in [0.1, 0.15) is 36.6 Å². The van der Waals surface area contributed by atoms with Crippen LogP contribution < -0.4 is 14.2 Å². The summed E-state index contributed by atoms with van der Waals surface area (Å²) in [4.78, 5) is -0.148. The molecule has 1 aliphatic heterocycles. The summed E-state index contributed by atoms with van der Waals surface area (Å²) in [5.74, 6) is 1.82. The number of hydrogen-bond donors (Lipinski definition) is 1. The molecule has 0 fully saturated rings. The van der Waals surface area contributed by atoms with Crippen LogP contribution in [-0.2, 0) is 6.61 Å². The maximum Gasteiger partial charge on any atom is 0.132 e. The molecule has 5 heteroatoms. The molecule has 2 atom stereocenters. The van der Waals surface area contributed by atoms with Gasteiger partial charge < -0.3 is 19.3 Å². The number of ether oxygens (including phenoxy) is 3. The number of benzene rings is 2. The molecular formula is C17H17BrO4. The molecule has 0 bridgehead atoms. The number of rotatable bonds is 4. The highest BCUT2D eigenvalue weighted by Crippen LogP contribution is 2.43. The van der Waals surface area contributed by atoms with Gasteiger partial charge in [-0.1, -0.05) is 46.3 Å². The summed E-state index contributed by atoms with van der Waals surface area (Å²) < 4.78 is 16.9. The number of alkyl halides is 1. The number of methoxy groups -OCH3 is 1. The third-order valence-corrected chi connectivity index (χ3v) is 4.35. The molecule has 4 nitrogen and oxygen atoms in total. The molecule has 1 aliphatic rings. The van der Waals surface area contributed by atoms with E-state index < -0.39 is 6.10 Å². The second kappa shape index (κ2) is 6.58. The zero-order valence-corrected chi connectivity index (χ0v) is 13.7. The average Bonchev–Trinajstić information content (AvgIpc) is 2.56. The van der Waals surface area contributed by atoms with Crippen molar-refractivity contribution >= 4 is 15.9 Å². The molecule has 0 aliphatic carbocycles. The van der Waals surface area contributed by atoms with Crippen molar-refractivity contribution in [1.29, 1.82) is 0 Å². The normalized spacial score (nSPS) is 20.0. The van der Waals surface area contributed by atoms with Crippen molar-refractivity contribution in [3.05, 3.63) is 53.6 Å². The molecule has 116 valence electrons. The Morgan fingerprint density at radius 3 is 2.77 bits per heavy atom. The highest BCUT2D eigenvalue weighted by Gasteiger charge is 2.31. The van der Waals surface area contributed by atoms with Crippen molar-refractivity contribution in [2.75, 3.05) is 13.7 Å². The fraction of sp³-hybridized carbons (Fsp3) is 0.294. The predicted molar refractivity (Wildman–Crippen MR) is 86.9 cm³/mol. The summed E-state index contributed by atoms with van der Waals surface area (Å²) in [6, 6.07) is 13.5. The Labute approximate surface area is 137 Å². The third-order valence-electron chi connectivity index (χ3n) is 3.58. The topological polar surface area (TPSA) is 47.9 Å². The first-order valence-corrected chi connectivity index (χ1v) is 7.94. The van der Waals surface area contributed by atoms with E-state index in [1.807, 2.05) is 30.3 Å². The first-order chi connectivity index (χ1) is 10.7. The molecule has 2 unspecified atom stereocenters. The summed E-state index contributed by atoms with van der Waals surface area (Å²) in [5.41, 5.74) is 1.74. The van der Waals surface area contributed by atoms with Crippen LogP contribution in [0.4, 0.5) is 0 Å². The van der Waals surface area contributed by atoms with Gasteiger partial charge in [0, 0.05) is 12.1 Å². The fourth-order valence-electron chi connectivity index (χ4n) is 2.42. The number of halogens is 1. The molecule has 22 heavy (non-hydrogen) atoms. The van der Waals surface area contributed by atoms with Gasteiger partial charge in [0.15, 0.2) is 0 Å². The first-order valence-electron chi connectivity index (χ1n) is 7.02. The minimum Gasteiger partial charge on any atom is -0.496 e. The van der Waals surface area contributed by atoms with Crippen molar-refractivity contribution in [3.63, 3.8) is 0 Å². The van der Waals surface area contributed by atoms with E-state index in [-0.39, 0.29) is 4.83 Å². The van der Waals surface area contributed by atoms with Gasteiger partial charge in [-0.2, -0.15) is 0 Å². The van der Waals surface area contributed by atoms with Crippen LogP contribution in [0.5, 0.6) is 17.2 Å². The Hall–Kier alpha value is -1.72. The highest BCUT2D eigenvalue weighted by atomic mass is 79.9. The Bertz CT molecular complexity index is 627. The smallest absolute Gasteiger partial charge is 0.132 e. The molecule has 0 saturated carbocycles. The average molecular weight is 365 g/mol. The van der Waals surface area contributed by atoms with Crippen LogP contribution in [0.2, 0.25) is 0 Å². The van der Waals surface area contributed by atoms with Gasteiger partial charge >= 0.3 is 0 Å². The lowest BCUT2D eigenvalue weighted by Gasteiger charge is -2.28. The molecule has 2 aromatic carbocycles. The lowest BCUT2D eigenvalue weighted by Crippen LogP contribution is -2.26. The second-order valence-electron chi connectivity index (χ2n) is 5.08. The molecule has 2 aromatic rings. The zero-order valence-electron chi connectivity index (χ0n) is 12.2. The fourth-order valence-corrected chi connectivity index (χ4v) is 2.82. The lowest BCUT2D eigenvalue weighted by molar-refractivity contribution is 0.121. The second-order valence-corrected chi connectivity index (χ2v) is 6.26. The summed E-state index contributed by atoms with van der Waals surface area (Å²) in [6.45, 7) is 0.867. The molecule has 0 aromatic heterocycles. The van der Waals surface area contributed by atoms with Crippen molar-refractivity contribution in [2.45, 2.75) is 17.5 Å². The monoisotopic (exact) mass is 364 g/mol. The predicted octanol–water partition coefficient (Wildman–Crippen LogP) is 3.46. The Balaban J connectivity index is 1.85. The van der Waals surface area contributed by atoms with Crippen LogP contribution in [0, 0.1) is 0 Å². The van der Waals surface area contributed by atoms with Gasteiger partial charge in [-0.05, 0) is 5.56 Å². The molecule has 0 amide bonds. The van der Waals surface area contributed by atoms with E-state index in [1.54, 1.807) is 19.2 Å². The number of hydrogen-bond acceptors (Lipinski definition) is 4. The number of aliphatic hydroxyl groups excluding tert-OH is 1. The quantitative estimate of drug-likeness (QED) is 0.843. The minimum atomic E-state index is -0.665. The van der Waals surface area contributed by atoms with E-state index in [0.29, 0.717) is 36.0 Å². The Morgan fingerprint density at radius 1 is 1.27 bits per heavy atom. The zero-order chi connectivity index (χ0) is 15.5. The van der Waals surface area contributed by atoms with E-state index in [9.17, 15) is 5.11 Å². The first kappa shape index (κ1) is 15.2. The van der Waals surface area contributed by atoms with Crippen molar-refractivity contribution < 1.29 is 19.3 Å². The summed E-state index contributed by atoms with van der Waals surface area (Å²) in [6.07, 6.45) is -0.665. The van der Waals surface area contributed by atoms with Crippen LogP contribution >= 0.6 is 15.9 Å². The van der Waals surface area contributed by atoms with Crippen molar-refractivity contribution in [1.82, 2.24) is 0 Å². The standard InChI is InChI=1S/C17H17BrO4/c1-20-14-7-12(21-9-11-5-3-2-4-6-11)8-15-16(14)17(19)13(18)10-22-15/h2-8,13,17,19H,9-10H2,1H3. The molecule has 1 N–H and O–H groups in total. The van der Waals surface area contributed by atoms with Gasteiger partial charge in [0.05, 0.1) is 17.5 Å². The minimum absolute atomic E-state index is 0.148. The molecule has 0 saturated heterocycles. The Kier molecular flexibility index (Phi) is 4.55. The molecular weight excluding hydrogens is 348 g/mol. The number of fused-ring (bicyclic) bond motifs is 1. The van der Waals surface area contributed by atoms with E-state index in [0.717, 1.165) is 5.56 Å². The maximum atomic E-state index is 10.3. The van der Waals surface area contributed by atoms with E-state index >= 15 is 0 Å². The molecule has 0 spiro atoms. The largest absolute Gasteiger partial charge is 0.496 e. The summed E-state index contributed by atoms with van der Waals surface area (Å²) in [7, 11) is 1.57. The van der Waals surface area contributed by atoms with Gasteiger partial charge in [-0.3, -0.25) is 0 Å². The van der Waals surface area contributed by atoms with Gasteiger partial charge in [0.2, 0.25) is 0 Å². The van der Waals surface area contributed by atoms with Gasteiger partial charge in [0.25, 0.3) is 0 Å². The maximum absolute atomic E-state index is 10.3. The van der Waals surface area contributed by atoms with Crippen LogP contribution in [0.1, 0.15) is 17.2 Å². The Morgan fingerprint density at radius 2 is 2.05 bits per heavy atom. The van der Waals surface area contributed by atoms with Crippen LogP contribution in [-0.4, -0.2) is 23.7 Å². The molecule has 3 rings (SSSR count). The van der Waals surface area contributed by atoms with E-state index in [1.165, 1.54) is 0 Å². The van der Waals surface area contributed by atoms with Crippen LogP contribution in [0.15, 0.2) is 42.5 Å². The summed E-state index contributed by atoms with van der Waals surface area (Å²) in [5, 5.41) is 10.3. The SMILES string of the molecule is COc1cc(OCc2ccccc2)cc2c1C(O)C(Br)CO2. The highest BCUT2D eigenvalue weighted by molar-refractivity contribution is 9.09. The van der Waals surface area contributed by atoms with E-state index in [4.69, 9.17) is 14.2 Å². The van der Waals surface area contributed by atoms with E-state index in [2.05, 4.69) is 15.9 Å². The van der Waals surface area contributed by atoms with Crippen LogP contribution in [0.25, 0.3) is 0 Å². The number of aliphatic hydroxyl groups is 1. The van der Waals surface area contributed by atoms with Gasteiger partial charge in [-0.15, -0.1) is 0 Å². The molecule has 0 radical (unpaired) electrons. The van der Waals surface area contributed by atoms with Crippen molar-refractivity contribution in [2.24, 2.45) is 0 Å². The van der Waals surface area contributed by atoms with Crippen molar-refractivity contribution in [3.8, 4) is 17.2 Å². The van der Waals surface area contributed by atoms with Crippen LogP contribution in [0.3, 0.4) is 0 Å². The van der Waals surface area contributed by atoms with Gasteiger partial charge in [-0.25, -0.2) is 0 Å². The summed E-state index contributed by atoms with van der Waals surface area (Å²) >= 11 is 3.40.